The van der Waals surface area contributed by atoms with Gasteiger partial charge in [-0.15, -0.1) is 0 Å². The number of nitrogens with zero attached hydrogens (tertiary/aromatic N) is 1. The van der Waals surface area contributed by atoms with Crippen molar-refractivity contribution in [2.24, 2.45) is 5.92 Å². The highest BCUT2D eigenvalue weighted by atomic mass is 19.4. The van der Waals surface area contributed by atoms with E-state index in [9.17, 15) is 18.0 Å². The molecule has 17 heavy (non-hydrogen) atoms. The summed E-state index contributed by atoms with van der Waals surface area (Å²) in [4.78, 5) is 13.8. The molecule has 0 N–H and O–H groups in total. The van der Waals surface area contributed by atoms with Crippen molar-refractivity contribution in [3.8, 4) is 0 Å². The molecule has 5 heteroatoms. The lowest BCUT2D eigenvalue weighted by Gasteiger charge is -2.28. The normalized spacial score (nSPS) is 19.9. The number of carbonyl (C=O) groups is 1. The standard InChI is InChI=1S/C12H20F3NO/c1-9(2)11(17)10(5-6-12(13,14)15)16-7-3-4-8-16/h9-10H,3-8H2,1-2H3. The van der Waals surface area contributed by atoms with E-state index in [1.165, 1.54) is 0 Å². The number of hydrogen-bond acceptors (Lipinski definition) is 2. The molecule has 0 aliphatic carbocycles. The van der Waals surface area contributed by atoms with Gasteiger partial charge < -0.3 is 0 Å². The molecular weight excluding hydrogens is 231 g/mol. The van der Waals surface area contributed by atoms with E-state index in [0.717, 1.165) is 25.9 Å². The minimum absolute atomic E-state index is 0.0591. The summed E-state index contributed by atoms with van der Waals surface area (Å²) < 4.78 is 36.7. The maximum atomic E-state index is 12.2. The Morgan fingerprint density at radius 1 is 1.24 bits per heavy atom. The van der Waals surface area contributed by atoms with Crippen LogP contribution in [0.1, 0.15) is 39.5 Å². The number of carbonyl (C=O) groups excluding carboxylic acids is 1. The first-order valence-corrected chi connectivity index (χ1v) is 6.16. The van der Waals surface area contributed by atoms with Crippen molar-refractivity contribution in [3.63, 3.8) is 0 Å². The predicted molar refractivity (Wildman–Crippen MR) is 59.7 cm³/mol. The number of Topliss-reactive ketones (excluding diaryl/α,β-unsaturated/α-hetero) is 1. The molecule has 100 valence electrons. The van der Waals surface area contributed by atoms with Gasteiger partial charge in [0.25, 0.3) is 0 Å². The van der Waals surface area contributed by atoms with Crippen LogP contribution in [0.15, 0.2) is 0 Å². The Balaban J connectivity index is 2.62. The second-order valence-corrected chi connectivity index (χ2v) is 4.97. The van der Waals surface area contributed by atoms with Crippen molar-refractivity contribution in [3.05, 3.63) is 0 Å². The zero-order valence-corrected chi connectivity index (χ0v) is 10.4. The summed E-state index contributed by atoms with van der Waals surface area (Å²) in [5.41, 5.74) is 0. The molecular formula is C12H20F3NO. The van der Waals surface area contributed by atoms with Crippen LogP contribution in [0.3, 0.4) is 0 Å². The zero-order valence-electron chi connectivity index (χ0n) is 10.4. The largest absolute Gasteiger partial charge is 0.389 e. The summed E-state index contributed by atoms with van der Waals surface area (Å²) in [5, 5.41) is 0. The molecule has 0 bridgehead atoms. The second kappa shape index (κ2) is 5.85. The molecule has 0 aromatic carbocycles. The van der Waals surface area contributed by atoms with Gasteiger partial charge in [0.15, 0.2) is 5.78 Å². The molecule has 1 fully saturated rings. The Labute approximate surface area is 100 Å². The van der Waals surface area contributed by atoms with Gasteiger partial charge in [-0.1, -0.05) is 13.8 Å². The molecule has 1 unspecified atom stereocenters. The summed E-state index contributed by atoms with van der Waals surface area (Å²) in [6.45, 7) is 5.00. The molecule has 1 rings (SSSR count). The van der Waals surface area contributed by atoms with E-state index >= 15 is 0 Å². The quantitative estimate of drug-likeness (QED) is 0.748. The SMILES string of the molecule is CC(C)C(=O)C(CCC(F)(F)F)N1CCCC1. The lowest BCUT2D eigenvalue weighted by Crippen LogP contribution is -2.42. The second-order valence-electron chi connectivity index (χ2n) is 4.97. The van der Waals surface area contributed by atoms with E-state index in [1.807, 2.05) is 4.90 Å². The van der Waals surface area contributed by atoms with Crippen LogP contribution in [0.5, 0.6) is 0 Å². The monoisotopic (exact) mass is 251 g/mol. The Morgan fingerprint density at radius 3 is 2.18 bits per heavy atom. The van der Waals surface area contributed by atoms with Crippen molar-refractivity contribution in [1.29, 1.82) is 0 Å². The van der Waals surface area contributed by atoms with Crippen molar-refractivity contribution in [2.75, 3.05) is 13.1 Å². The molecule has 1 heterocycles. The minimum Gasteiger partial charge on any atom is -0.298 e. The van der Waals surface area contributed by atoms with Gasteiger partial charge >= 0.3 is 6.18 Å². The van der Waals surface area contributed by atoms with Gasteiger partial charge in [-0.05, 0) is 32.4 Å². The average Bonchev–Trinajstić information content (AvgIpc) is 2.69. The van der Waals surface area contributed by atoms with Gasteiger partial charge in [0, 0.05) is 12.3 Å². The van der Waals surface area contributed by atoms with E-state index in [-0.39, 0.29) is 18.1 Å². The number of alkyl halides is 3. The van der Waals surface area contributed by atoms with Crippen LogP contribution in [0.4, 0.5) is 13.2 Å². The highest BCUT2D eigenvalue weighted by Gasteiger charge is 2.34. The highest BCUT2D eigenvalue weighted by molar-refractivity contribution is 5.85. The third kappa shape index (κ3) is 4.66. The maximum Gasteiger partial charge on any atom is 0.389 e. The van der Waals surface area contributed by atoms with E-state index in [2.05, 4.69) is 0 Å². The fraction of sp³-hybridized carbons (Fsp3) is 0.917. The van der Waals surface area contributed by atoms with Crippen LogP contribution in [0.2, 0.25) is 0 Å². The third-order valence-corrected chi connectivity index (χ3v) is 3.18. The highest BCUT2D eigenvalue weighted by Crippen LogP contribution is 2.26. The van der Waals surface area contributed by atoms with Gasteiger partial charge in [0.2, 0.25) is 0 Å². The van der Waals surface area contributed by atoms with Crippen molar-refractivity contribution in [2.45, 2.75) is 51.7 Å². The zero-order chi connectivity index (χ0) is 13.1. The van der Waals surface area contributed by atoms with Crippen molar-refractivity contribution < 1.29 is 18.0 Å². The van der Waals surface area contributed by atoms with E-state index in [4.69, 9.17) is 0 Å². The fourth-order valence-electron chi connectivity index (χ4n) is 2.24. The van der Waals surface area contributed by atoms with Gasteiger partial charge in [-0.25, -0.2) is 0 Å². The topological polar surface area (TPSA) is 20.3 Å². The summed E-state index contributed by atoms with van der Waals surface area (Å²) in [6, 6.07) is -0.542. The van der Waals surface area contributed by atoms with Gasteiger partial charge in [-0.3, -0.25) is 9.69 Å². The molecule has 0 radical (unpaired) electrons. The summed E-state index contributed by atoms with van der Waals surface area (Å²) in [7, 11) is 0. The lowest BCUT2D eigenvalue weighted by molar-refractivity contribution is -0.142. The minimum atomic E-state index is -4.17. The summed E-state index contributed by atoms with van der Waals surface area (Å²) in [6.07, 6.45) is -3.18. The number of likely N-dealkylation sites (tertiary alicyclic amines) is 1. The number of ketones is 1. The molecule has 1 aliphatic rings. The van der Waals surface area contributed by atoms with Crippen LogP contribution >= 0.6 is 0 Å². The first kappa shape index (κ1) is 14.5. The molecule has 0 amide bonds. The van der Waals surface area contributed by atoms with Crippen LogP contribution in [0.25, 0.3) is 0 Å². The van der Waals surface area contributed by atoms with Gasteiger partial charge in [0.1, 0.15) is 0 Å². The number of rotatable bonds is 5. The maximum absolute atomic E-state index is 12.2. The Morgan fingerprint density at radius 2 is 1.76 bits per heavy atom. The molecule has 0 aromatic heterocycles. The Kier molecular flexibility index (Phi) is 4.98. The van der Waals surface area contributed by atoms with Crippen LogP contribution < -0.4 is 0 Å². The molecule has 0 aromatic rings. The number of halogens is 3. The first-order chi connectivity index (χ1) is 7.81. The smallest absolute Gasteiger partial charge is 0.298 e. The average molecular weight is 251 g/mol. The fourth-order valence-corrected chi connectivity index (χ4v) is 2.24. The molecule has 0 saturated carbocycles. The van der Waals surface area contributed by atoms with Crippen molar-refractivity contribution >= 4 is 5.78 Å². The molecule has 1 atom stereocenters. The molecule has 1 saturated heterocycles. The van der Waals surface area contributed by atoms with Crippen molar-refractivity contribution in [1.82, 2.24) is 4.90 Å². The van der Waals surface area contributed by atoms with Gasteiger partial charge in [0.05, 0.1) is 6.04 Å². The van der Waals surface area contributed by atoms with Crippen LogP contribution in [-0.4, -0.2) is 36.0 Å². The van der Waals surface area contributed by atoms with E-state index in [0.29, 0.717) is 0 Å². The molecule has 1 aliphatic heterocycles. The predicted octanol–water partition coefficient (Wildman–Crippen LogP) is 3.02. The Bertz CT molecular complexity index is 257. The van der Waals surface area contributed by atoms with E-state index < -0.39 is 18.6 Å². The number of hydrogen-bond donors (Lipinski definition) is 0. The third-order valence-electron chi connectivity index (χ3n) is 3.18. The van der Waals surface area contributed by atoms with Crippen LogP contribution in [0, 0.1) is 5.92 Å². The summed E-state index contributed by atoms with van der Waals surface area (Å²) in [5.74, 6) is -0.259. The molecule has 0 spiro atoms. The van der Waals surface area contributed by atoms with E-state index in [1.54, 1.807) is 13.8 Å². The van der Waals surface area contributed by atoms with Gasteiger partial charge in [-0.2, -0.15) is 13.2 Å². The Hall–Kier alpha value is -0.580. The summed E-state index contributed by atoms with van der Waals surface area (Å²) >= 11 is 0. The molecule has 2 nitrogen and oxygen atoms in total. The first-order valence-electron chi connectivity index (χ1n) is 6.16. The van der Waals surface area contributed by atoms with Crippen LogP contribution in [-0.2, 0) is 4.79 Å². The lowest BCUT2D eigenvalue weighted by atomic mass is 9.96.